The summed E-state index contributed by atoms with van der Waals surface area (Å²) in [5.41, 5.74) is -0.0168. The molecule has 6 heteroatoms. The molecule has 3 rings (SSSR count). The van der Waals surface area contributed by atoms with Gasteiger partial charge in [-0.15, -0.1) is 10.2 Å². The fraction of sp³-hybridized carbons (Fsp3) is 0.750. The van der Waals surface area contributed by atoms with Crippen molar-refractivity contribution in [2.45, 2.75) is 51.5 Å². The van der Waals surface area contributed by atoms with E-state index in [0.717, 1.165) is 34.8 Å². The molecule has 5 nitrogen and oxygen atoms in total. The maximum atomic E-state index is 4.63. The Bertz CT molecular complexity index is 546. The van der Waals surface area contributed by atoms with E-state index >= 15 is 0 Å². The van der Waals surface area contributed by atoms with Crippen LogP contribution in [0.25, 0.3) is 4.96 Å². The highest BCUT2D eigenvalue weighted by Gasteiger charge is 2.23. The number of fused-ring (bicyclic) bond motifs is 1. The normalized spacial score (nSPS) is 16.6. The van der Waals surface area contributed by atoms with Crippen molar-refractivity contribution in [3.63, 3.8) is 0 Å². The van der Waals surface area contributed by atoms with E-state index < -0.39 is 0 Å². The molecule has 0 bridgehead atoms. The molecule has 0 spiro atoms. The Kier molecular flexibility index (Phi) is 2.86. The summed E-state index contributed by atoms with van der Waals surface area (Å²) in [7, 11) is 0. The lowest BCUT2D eigenvalue weighted by atomic mass is 9.96. The Morgan fingerprint density at radius 2 is 2.11 bits per heavy atom. The Morgan fingerprint density at radius 3 is 2.78 bits per heavy atom. The highest BCUT2D eigenvalue weighted by Crippen LogP contribution is 2.23. The minimum atomic E-state index is -0.0168. The van der Waals surface area contributed by atoms with Crippen LogP contribution in [-0.2, 0) is 11.8 Å². The lowest BCUT2D eigenvalue weighted by Crippen LogP contribution is -2.19. The first-order chi connectivity index (χ1) is 8.54. The SMILES string of the molecule is CC(C)(C)c1nnc2sc(CCNC3CC3)nn12. The first-order valence-corrected chi connectivity index (χ1v) is 7.31. The molecule has 0 aliphatic heterocycles. The molecule has 0 unspecified atom stereocenters. The van der Waals surface area contributed by atoms with Crippen molar-refractivity contribution in [2.75, 3.05) is 6.54 Å². The van der Waals surface area contributed by atoms with Gasteiger partial charge in [-0.05, 0) is 12.8 Å². The molecule has 1 N–H and O–H groups in total. The summed E-state index contributed by atoms with van der Waals surface area (Å²) in [6.45, 7) is 7.42. The molecule has 2 heterocycles. The van der Waals surface area contributed by atoms with Crippen molar-refractivity contribution in [3.05, 3.63) is 10.8 Å². The number of nitrogens with zero attached hydrogens (tertiary/aromatic N) is 4. The molecule has 1 aliphatic carbocycles. The van der Waals surface area contributed by atoms with Gasteiger partial charge in [0.25, 0.3) is 0 Å². The first-order valence-electron chi connectivity index (χ1n) is 6.49. The van der Waals surface area contributed by atoms with Crippen molar-refractivity contribution in [2.24, 2.45) is 0 Å². The van der Waals surface area contributed by atoms with Crippen LogP contribution in [0.5, 0.6) is 0 Å². The van der Waals surface area contributed by atoms with Crippen molar-refractivity contribution >= 4 is 16.3 Å². The third-order valence-electron chi connectivity index (χ3n) is 3.05. The average molecular weight is 265 g/mol. The minimum Gasteiger partial charge on any atom is -0.314 e. The van der Waals surface area contributed by atoms with Crippen molar-refractivity contribution in [3.8, 4) is 0 Å². The van der Waals surface area contributed by atoms with Crippen LogP contribution in [0.2, 0.25) is 0 Å². The second kappa shape index (κ2) is 4.28. The minimum absolute atomic E-state index is 0.0168. The lowest BCUT2D eigenvalue weighted by molar-refractivity contribution is 0.526. The molecule has 0 atom stereocenters. The summed E-state index contributed by atoms with van der Waals surface area (Å²) in [5, 5.41) is 17.7. The van der Waals surface area contributed by atoms with Crippen LogP contribution in [0, 0.1) is 0 Å². The van der Waals surface area contributed by atoms with Crippen LogP contribution < -0.4 is 5.32 Å². The van der Waals surface area contributed by atoms with Crippen LogP contribution in [0.3, 0.4) is 0 Å². The molecular formula is C12H19N5S. The summed E-state index contributed by atoms with van der Waals surface area (Å²) >= 11 is 1.64. The van der Waals surface area contributed by atoms with Gasteiger partial charge in [-0.3, -0.25) is 0 Å². The maximum Gasteiger partial charge on any atom is 0.234 e. The molecule has 18 heavy (non-hydrogen) atoms. The molecule has 1 fully saturated rings. The van der Waals surface area contributed by atoms with Gasteiger partial charge in [0.2, 0.25) is 4.96 Å². The summed E-state index contributed by atoms with van der Waals surface area (Å²) < 4.78 is 1.90. The number of aromatic nitrogens is 4. The van der Waals surface area contributed by atoms with Gasteiger partial charge in [-0.2, -0.15) is 9.61 Å². The van der Waals surface area contributed by atoms with E-state index in [1.54, 1.807) is 11.3 Å². The molecule has 1 saturated carbocycles. The third-order valence-corrected chi connectivity index (χ3v) is 4.01. The Labute approximate surface area is 111 Å². The van der Waals surface area contributed by atoms with E-state index in [1.165, 1.54) is 12.8 Å². The molecule has 0 amide bonds. The molecule has 1 aliphatic rings. The Morgan fingerprint density at radius 1 is 1.33 bits per heavy atom. The Hall–Kier alpha value is -1.01. The first kappa shape index (κ1) is 12.0. The van der Waals surface area contributed by atoms with Crippen LogP contribution in [-0.4, -0.2) is 32.4 Å². The maximum absolute atomic E-state index is 4.63. The van der Waals surface area contributed by atoms with Gasteiger partial charge in [0.15, 0.2) is 5.82 Å². The Balaban J connectivity index is 1.75. The zero-order chi connectivity index (χ0) is 12.8. The van der Waals surface area contributed by atoms with Crippen LogP contribution >= 0.6 is 11.3 Å². The van der Waals surface area contributed by atoms with Gasteiger partial charge < -0.3 is 5.32 Å². The molecule has 98 valence electrons. The van der Waals surface area contributed by atoms with Gasteiger partial charge in [0.1, 0.15) is 5.01 Å². The van der Waals surface area contributed by atoms with Crippen molar-refractivity contribution in [1.29, 1.82) is 0 Å². The van der Waals surface area contributed by atoms with E-state index in [1.807, 2.05) is 4.52 Å². The summed E-state index contributed by atoms with van der Waals surface area (Å²) in [6.07, 6.45) is 3.65. The van der Waals surface area contributed by atoms with Gasteiger partial charge >= 0.3 is 0 Å². The van der Waals surface area contributed by atoms with Crippen molar-refractivity contribution in [1.82, 2.24) is 25.1 Å². The second-order valence-corrected chi connectivity index (χ2v) is 6.98. The standard InChI is InChI=1S/C12H19N5S/c1-12(2,3)10-14-15-11-17(10)16-9(18-11)6-7-13-8-4-5-8/h8,13H,4-7H2,1-3H3. The highest BCUT2D eigenvalue weighted by atomic mass is 32.1. The molecule has 0 saturated heterocycles. The number of hydrogen-bond donors (Lipinski definition) is 1. The number of nitrogens with one attached hydrogen (secondary N) is 1. The van der Waals surface area contributed by atoms with Gasteiger partial charge in [-0.1, -0.05) is 32.1 Å². The topological polar surface area (TPSA) is 55.1 Å². The monoisotopic (exact) mass is 265 g/mol. The predicted octanol–water partition coefficient (Wildman–Crippen LogP) is 1.78. The summed E-state index contributed by atoms with van der Waals surface area (Å²) in [5.74, 6) is 0.940. The zero-order valence-electron chi connectivity index (χ0n) is 11.1. The van der Waals surface area contributed by atoms with Gasteiger partial charge in [-0.25, -0.2) is 0 Å². The van der Waals surface area contributed by atoms with E-state index in [0.29, 0.717) is 0 Å². The number of rotatable bonds is 4. The van der Waals surface area contributed by atoms with Gasteiger partial charge in [0, 0.05) is 24.4 Å². The van der Waals surface area contributed by atoms with E-state index in [2.05, 4.69) is 41.4 Å². The summed E-state index contributed by atoms with van der Waals surface area (Å²) in [6, 6.07) is 0.765. The second-order valence-electron chi connectivity index (χ2n) is 5.94. The zero-order valence-corrected chi connectivity index (χ0v) is 11.9. The fourth-order valence-electron chi connectivity index (χ4n) is 1.90. The predicted molar refractivity (Wildman–Crippen MR) is 72.1 cm³/mol. The van der Waals surface area contributed by atoms with Crippen molar-refractivity contribution < 1.29 is 0 Å². The number of hydrogen-bond acceptors (Lipinski definition) is 5. The quantitative estimate of drug-likeness (QED) is 0.915. The smallest absolute Gasteiger partial charge is 0.234 e. The molecular weight excluding hydrogens is 246 g/mol. The van der Waals surface area contributed by atoms with E-state index in [9.17, 15) is 0 Å². The van der Waals surface area contributed by atoms with E-state index in [4.69, 9.17) is 0 Å². The van der Waals surface area contributed by atoms with E-state index in [-0.39, 0.29) is 5.41 Å². The molecule has 2 aromatic heterocycles. The fourth-order valence-corrected chi connectivity index (χ4v) is 2.73. The average Bonchev–Trinajstić information content (AvgIpc) is 2.84. The highest BCUT2D eigenvalue weighted by molar-refractivity contribution is 7.16. The largest absolute Gasteiger partial charge is 0.314 e. The summed E-state index contributed by atoms with van der Waals surface area (Å²) in [4.78, 5) is 0.904. The molecule has 0 aromatic carbocycles. The van der Waals surface area contributed by atoms with Crippen LogP contribution in [0.4, 0.5) is 0 Å². The van der Waals surface area contributed by atoms with Crippen LogP contribution in [0.1, 0.15) is 44.4 Å². The molecule has 2 aromatic rings. The molecule has 0 radical (unpaired) electrons. The van der Waals surface area contributed by atoms with Gasteiger partial charge in [0.05, 0.1) is 0 Å². The third kappa shape index (κ3) is 2.40. The lowest BCUT2D eigenvalue weighted by Gasteiger charge is -2.13. The van der Waals surface area contributed by atoms with Crippen LogP contribution in [0.15, 0.2) is 0 Å².